The van der Waals surface area contributed by atoms with Crippen LogP contribution in [-0.2, 0) is 12.8 Å². The zero-order valence-corrected chi connectivity index (χ0v) is 12.8. The van der Waals surface area contributed by atoms with Gasteiger partial charge in [-0.2, -0.15) is 0 Å². The standard InChI is InChI=1S/C18H19ClFN/c1-21-18(11-12-6-9-16(19)17(20)10-12)15-8-7-13-4-2-3-5-14(13)15/h2-6,9-10,15,18,21H,7-8,11H2,1H3. The molecule has 2 aromatic carbocycles. The van der Waals surface area contributed by atoms with Gasteiger partial charge < -0.3 is 5.32 Å². The molecule has 1 nitrogen and oxygen atoms in total. The number of benzene rings is 2. The van der Waals surface area contributed by atoms with Crippen LogP contribution in [0, 0.1) is 5.82 Å². The summed E-state index contributed by atoms with van der Waals surface area (Å²) in [6, 6.07) is 14.1. The molecule has 0 amide bonds. The molecule has 1 aliphatic rings. The molecule has 0 radical (unpaired) electrons. The van der Waals surface area contributed by atoms with Crippen molar-refractivity contribution in [3.63, 3.8) is 0 Å². The van der Waals surface area contributed by atoms with Crippen LogP contribution in [0.5, 0.6) is 0 Å². The number of rotatable bonds is 4. The predicted octanol–water partition coefficient (Wildman–Crippen LogP) is 4.34. The summed E-state index contributed by atoms with van der Waals surface area (Å²) >= 11 is 5.75. The molecular formula is C18H19ClFN. The van der Waals surface area contributed by atoms with Crippen molar-refractivity contribution < 1.29 is 4.39 Å². The van der Waals surface area contributed by atoms with Crippen LogP contribution in [0.2, 0.25) is 5.02 Å². The number of fused-ring (bicyclic) bond motifs is 1. The van der Waals surface area contributed by atoms with Crippen molar-refractivity contribution >= 4 is 11.6 Å². The van der Waals surface area contributed by atoms with Crippen LogP contribution < -0.4 is 5.32 Å². The molecule has 110 valence electrons. The van der Waals surface area contributed by atoms with E-state index in [2.05, 4.69) is 29.6 Å². The van der Waals surface area contributed by atoms with Crippen molar-refractivity contribution in [2.45, 2.75) is 31.2 Å². The third-order valence-corrected chi connectivity index (χ3v) is 4.78. The number of nitrogens with one attached hydrogen (secondary N) is 1. The number of halogens is 2. The quantitative estimate of drug-likeness (QED) is 0.886. The molecule has 0 saturated carbocycles. The van der Waals surface area contributed by atoms with Gasteiger partial charge in [-0.3, -0.25) is 0 Å². The van der Waals surface area contributed by atoms with Gasteiger partial charge in [0.25, 0.3) is 0 Å². The first-order valence-electron chi connectivity index (χ1n) is 7.38. The fraction of sp³-hybridized carbons (Fsp3) is 0.333. The Morgan fingerprint density at radius 3 is 2.86 bits per heavy atom. The third kappa shape index (κ3) is 2.97. The Morgan fingerprint density at radius 1 is 1.29 bits per heavy atom. The van der Waals surface area contributed by atoms with E-state index in [9.17, 15) is 4.39 Å². The molecule has 0 saturated heterocycles. The van der Waals surface area contributed by atoms with Gasteiger partial charge >= 0.3 is 0 Å². The maximum atomic E-state index is 13.6. The molecule has 3 heteroatoms. The third-order valence-electron chi connectivity index (χ3n) is 4.48. The fourth-order valence-electron chi connectivity index (χ4n) is 3.37. The molecule has 1 aliphatic carbocycles. The molecular weight excluding hydrogens is 285 g/mol. The lowest BCUT2D eigenvalue weighted by atomic mass is 9.89. The molecule has 0 bridgehead atoms. The first kappa shape index (κ1) is 14.6. The Labute approximate surface area is 130 Å². The van der Waals surface area contributed by atoms with E-state index >= 15 is 0 Å². The number of likely N-dealkylation sites (N-methyl/N-ethyl adjacent to an activating group) is 1. The Morgan fingerprint density at radius 2 is 2.10 bits per heavy atom. The molecule has 2 aromatic rings. The topological polar surface area (TPSA) is 12.0 Å². The molecule has 1 N–H and O–H groups in total. The molecule has 3 rings (SSSR count). The number of hydrogen-bond donors (Lipinski definition) is 1. The summed E-state index contributed by atoms with van der Waals surface area (Å²) in [7, 11) is 1.98. The molecule has 21 heavy (non-hydrogen) atoms. The molecule has 0 fully saturated rings. The van der Waals surface area contributed by atoms with E-state index in [1.54, 1.807) is 12.1 Å². The van der Waals surface area contributed by atoms with E-state index in [0.717, 1.165) is 24.8 Å². The summed E-state index contributed by atoms with van der Waals surface area (Å²) in [4.78, 5) is 0. The van der Waals surface area contributed by atoms with Crippen molar-refractivity contribution in [2.75, 3.05) is 7.05 Å². The van der Waals surface area contributed by atoms with Gasteiger partial charge in [0.1, 0.15) is 5.82 Å². The maximum absolute atomic E-state index is 13.6. The zero-order valence-electron chi connectivity index (χ0n) is 12.1. The van der Waals surface area contributed by atoms with E-state index in [-0.39, 0.29) is 10.8 Å². The molecule has 0 heterocycles. The Balaban J connectivity index is 1.81. The van der Waals surface area contributed by atoms with Crippen molar-refractivity contribution in [1.29, 1.82) is 0 Å². The lowest BCUT2D eigenvalue weighted by molar-refractivity contribution is 0.455. The van der Waals surface area contributed by atoms with Crippen LogP contribution in [0.1, 0.15) is 29.0 Å². The number of hydrogen-bond acceptors (Lipinski definition) is 1. The summed E-state index contributed by atoms with van der Waals surface area (Å²) < 4.78 is 13.6. The van der Waals surface area contributed by atoms with Gasteiger partial charge in [0.2, 0.25) is 0 Å². The van der Waals surface area contributed by atoms with Crippen LogP contribution >= 0.6 is 11.6 Å². The van der Waals surface area contributed by atoms with E-state index < -0.39 is 0 Å². The largest absolute Gasteiger partial charge is 0.316 e. The summed E-state index contributed by atoms with van der Waals surface area (Å²) in [6.45, 7) is 0. The van der Waals surface area contributed by atoms with Gasteiger partial charge in [-0.25, -0.2) is 4.39 Å². The second kappa shape index (κ2) is 6.17. The highest BCUT2D eigenvalue weighted by Gasteiger charge is 2.28. The predicted molar refractivity (Wildman–Crippen MR) is 85.5 cm³/mol. The van der Waals surface area contributed by atoms with Gasteiger partial charge in [-0.1, -0.05) is 41.9 Å². The normalized spacial score (nSPS) is 18.5. The fourth-order valence-corrected chi connectivity index (χ4v) is 3.49. The molecule has 0 aliphatic heterocycles. The van der Waals surface area contributed by atoms with Crippen LogP contribution in [0.3, 0.4) is 0 Å². The SMILES string of the molecule is CNC(Cc1ccc(Cl)c(F)c1)C1CCc2ccccc21. The molecule has 2 atom stereocenters. The summed E-state index contributed by atoms with van der Waals surface area (Å²) in [5.74, 6) is 0.154. The second-order valence-electron chi connectivity index (χ2n) is 5.69. The van der Waals surface area contributed by atoms with Gasteiger partial charge in [0.15, 0.2) is 0 Å². The minimum absolute atomic E-state index is 0.186. The minimum Gasteiger partial charge on any atom is -0.316 e. The van der Waals surface area contributed by atoms with Crippen molar-refractivity contribution in [2.24, 2.45) is 0 Å². The highest BCUT2D eigenvalue weighted by molar-refractivity contribution is 6.30. The highest BCUT2D eigenvalue weighted by Crippen LogP contribution is 2.36. The lowest BCUT2D eigenvalue weighted by Crippen LogP contribution is -2.33. The summed E-state index contributed by atoms with van der Waals surface area (Å²) in [6.07, 6.45) is 3.10. The first-order valence-corrected chi connectivity index (χ1v) is 7.76. The molecule has 0 spiro atoms. The average Bonchev–Trinajstić information content (AvgIpc) is 2.92. The van der Waals surface area contributed by atoms with E-state index in [4.69, 9.17) is 11.6 Å². The molecule has 0 aromatic heterocycles. The minimum atomic E-state index is -0.337. The van der Waals surface area contributed by atoms with Gasteiger partial charge in [0.05, 0.1) is 5.02 Å². The molecule has 2 unspecified atom stereocenters. The number of aryl methyl sites for hydroxylation is 1. The van der Waals surface area contributed by atoms with Crippen molar-refractivity contribution in [3.05, 3.63) is 70.0 Å². The van der Waals surface area contributed by atoms with Crippen LogP contribution in [0.4, 0.5) is 4.39 Å². The average molecular weight is 304 g/mol. The van der Waals surface area contributed by atoms with Crippen molar-refractivity contribution in [1.82, 2.24) is 5.32 Å². The monoisotopic (exact) mass is 303 g/mol. The second-order valence-corrected chi connectivity index (χ2v) is 6.10. The van der Waals surface area contributed by atoms with Gasteiger partial charge in [-0.15, -0.1) is 0 Å². The van der Waals surface area contributed by atoms with E-state index in [1.807, 2.05) is 13.1 Å². The van der Waals surface area contributed by atoms with Crippen LogP contribution in [-0.4, -0.2) is 13.1 Å². The van der Waals surface area contributed by atoms with Gasteiger partial charge in [-0.05, 0) is 55.1 Å². The Hall–Kier alpha value is -1.38. The Bertz CT molecular complexity index is 641. The Kier molecular flexibility index (Phi) is 4.27. The highest BCUT2D eigenvalue weighted by atomic mass is 35.5. The summed E-state index contributed by atoms with van der Waals surface area (Å²) in [5.41, 5.74) is 3.87. The lowest BCUT2D eigenvalue weighted by Gasteiger charge is -2.24. The van der Waals surface area contributed by atoms with Crippen LogP contribution in [0.15, 0.2) is 42.5 Å². The summed E-state index contributed by atoms with van der Waals surface area (Å²) in [5, 5.41) is 3.60. The van der Waals surface area contributed by atoms with E-state index in [0.29, 0.717) is 12.0 Å². The van der Waals surface area contributed by atoms with Crippen molar-refractivity contribution in [3.8, 4) is 0 Å². The van der Waals surface area contributed by atoms with E-state index in [1.165, 1.54) is 11.1 Å². The maximum Gasteiger partial charge on any atom is 0.142 e. The van der Waals surface area contributed by atoms with Crippen LogP contribution in [0.25, 0.3) is 0 Å². The smallest absolute Gasteiger partial charge is 0.142 e. The van der Waals surface area contributed by atoms with Gasteiger partial charge in [0, 0.05) is 12.0 Å². The zero-order chi connectivity index (χ0) is 14.8. The first-order chi connectivity index (χ1) is 10.2.